The van der Waals surface area contributed by atoms with Crippen LogP contribution < -0.4 is 0 Å². The highest BCUT2D eigenvalue weighted by Crippen LogP contribution is 2.58. The number of benzene rings is 2. The smallest absolute Gasteiger partial charge is 0.0802 e. The number of allylic oxidation sites excluding steroid dienone is 5. The summed E-state index contributed by atoms with van der Waals surface area (Å²) in [6, 6.07) is 17.8. The van der Waals surface area contributed by atoms with Gasteiger partial charge in [-0.25, -0.2) is 0 Å². The van der Waals surface area contributed by atoms with E-state index in [2.05, 4.69) is 74.5 Å². The summed E-state index contributed by atoms with van der Waals surface area (Å²) in [7, 11) is 0. The normalized spacial score (nSPS) is 17.6. The third-order valence-corrected chi connectivity index (χ3v) is 6.60. The Bertz CT molecular complexity index is 914. The monoisotopic (exact) mass is 394 g/mol. The molecule has 0 bridgehead atoms. The van der Waals surface area contributed by atoms with Crippen LogP contribution in [0.25, 0.3) is 11.1 Å². The van der Waals surface area contributed by atoms with Gasteiger partial charge < -0.3 is 0 Å². The molecule has 0 aliphatic heterocycles. The fourth-order valence-electron chi connectivity index (χ4n) is 5.09. The molecule has 0 N–H and O–H groups in total. The maximum Gasteiger partial charge on any atom is 0.102 e. The molecular weight excluding hydrogens is 371 g/mol. The third-order valence-electron chi connectivity index (χ3n) is 6.29. The highest BCUT2D eigenvalue weighted by Gasteiger charge is 2.44. The standard InChI is InChI=1S/C25H24Cl2/c1-17-9-7-14-22(17)25(2,16-8-15-23(26)27)24-20-12-5-3-10-18(20)19-11-4-6-13-21(19)24/h3-7,9-13,15,24H,8,14,16H2,1-2H3. The van der Waals surface area contributed by atoms with Crippen LogP contribution in [0.15, 0.2) is 82.4 Å². The number of halogens is 2. The maximum absolute atomic E-state index is 5.92. The molecule has 0 saturated heterocycles. The summed E-state index contributed by atoms with van der Waals surface area (Å²) in [6.45, 7) is 4.67. The second-order valence-electron chi connectivity index (χ2n) is 7.83. The first kappa shape index (κ1) is 18.6. The van der Waals surface area contributed by atoms with E-state index in [9.17, 15) is 0 Å². The summed E-state index contributed by atoms with van der Waals surface area (Å²) >= 11 is 11.8. The number of hydrogen-bond acceptors (Lipinski definition) is 0. The molecule has 138 valence electrons. The minimum Gasteiger partial charge on any atom is -0.0802 e. The topological polar surface area (TPSA) is 0 Å². The Morgan fingerprint density at radius 3 is 2.15 bits per heavy atom. The van der Waals surface area contributed by atoms with Crippen LogP contribution in [0.4, 0.5) is 0 Å². The molecule has 0 spiro atoms. The summed E-state index contributed by atoms with van der Waals surface area (Å²) in [5, 5.41) is 0. The van der Waals surface area contributed by atoms with Crippen LogP contribution in [0.1, 0.15) is 50.2 Å². The molecule has 1 atom stereocenters. The van der Waals surface area contributed by atoms with E-state index in [1.54, 1.807) is 0 Å². The first-order valence-corrected chi connectivity index (χ1v) is 10.3. The predicted molar refractivity (Wildman–Crippen MR) is 117 cm³/mol. The number of hydrogen-bond donors (Lipinski definition) is 0. The van der Waals surface area contributed by atoms with Gasteiger partial charge in [-0.15, -0.1) is 0 Å². The van der Waals surface area contributed by atoms with Crippen molar-refractivity contribution in [1.82, 2.24) is 0 Å². The van der Waals surface area contributed by atoms with Crippen LogP contribution in [0.5, 0.6) is 0 Å². The summed E-state index contributed by atoms with van der Waals surface area (Å²) in [5.41, 5.74) is 8.58. The lowest BCUT2D eigenvalue weighted by molar-refractivity contribution is 0.319. The molecule has 2 aliphatic rings. The van der Waals surface area contributed by atoms with E-state index in [0.29, 0.717) is 10.4 Å². The molecule has 27 heavy (non-hydrogen) atoms. The van der Waals surface area contributed by atoms with E-state index in [4.69, 9.17) is 23.2 Å². The van der Waals surface area contributed by atoms with Gasteiger partial charge in [-0.1, -0.05) is 108 Å². The molecule has 2 aromatic carbocycles. The van der Waals surface area contributed by atoms with Crippen molar-refractivity contribution >= 4 is 23.2 Å². The summed E-state index contributed by atoms with van der Waals surface area (Å²) < 4.78 is 0.361. The predicted octanol–water partition coefficient (Wildman–Crippen LogP) is 8.18. The van der Waals surface area contributed by atoms with Gasteiger partial charge >= 0.3 is 0 Å². The van der Waals surface area contributed by atoms with E-state index in [0.717, 1.165) is 19.3 Å². The summed E-state index contributed by atoms with van der Waals surface area (Å²) in [4.78, 5) is 0. The molecule has 0 amide bonds. The minimum atomic E-state index is 0.00994. The van der Waals surface area contributed by atoms with E-state index in [1.165, 1.54) is 33.4 Å². The van der Waals surface area contributed by atoms with Crippen molar-refractivity contribution in [3.63, 3.8) is 0 Å². The number of rotatable bonds is 5. The zero-order chi connectivity index (χ0) is 19.0. The van der Waals surface area contributed by atoms with Crippen molar-refractivity contribution < 1.29 is 0 Å². The van der Waals surface area contributed by atoms with E-state index < -0.39 is 0 Å². The molecule has 4 rings (SSSR count). The molecule has 0 aromatic heterocycles. The fourth-order valence-corrected chi connectivity index (χ4v) is 5.31. The first-order chi connectivity index (χ1) is 13.0. The Labute approximate surface area is 172 Å². The molecule has 0 heterocycles. The second-order valence-corrected chi connectivity index (χ2v) is 8.83. The summed E-state index contributed by atoms with van der Waals surface area (Å²) in [6.07, 6.45) is 9.41. The molecule has 2 aliphatic carbocycles. The molecule has 1 unspecified atom stereocenters. The average Bonchev–Trinajstić information content (AvgIpc) is 3.23. The van der Waals surface area contributed by atoms with Crippen molar-refractivity contribution in [1.29, 1.82) is 0 Å². The Kier molecular flexibility index (Phi) is 5.05. The molecule has 2 heteroatoms. The minimum absolute atomic E-state index is 0.00994. The zero-order valence-corrected chi connectivity index (χ0v) is 17.3. The quantitative estimate of drug-likeness (QED) is 0.479. The van der Waals surface area contributed by atoms with Crippen LogP contribution in [0, 0.1) is 5.41 Å². The fraction of sp³-hybridized carbons (Fsp3) is 0.280. The summed E-state index contributed by atoms with van der Waals surface area (Å²) in [5.74, 6) is 0.345. The van der Waals surface area contributed by atoms with Crippen LogP contribution in [-0.4, -0.2) is 0 Å². The average molecular weight is 395 g/mol. The SMILES string of the molecule is CC1=C(C(C)(CCC=C(Cl)Cl)C2c3ccccc3-c3ccccc32)CC=C1. The van der Waals surface area contributed by atoms with Crippen LogP contribution in [0.3, 0.4) is 0 Å². The van der Waals surface area contributed by atoms with Crippen molar-refractivity contribution in [2.24, 2.45) is 5.41 Å². The van der Waals surface area contributed by atoms with E-state index in [-0.39, 0.29) is 5.41 Å². The lowest BCUT2D eigenvalue weighted by Gasteiger charge is -2.39. The highest BCUT2D eigenvalue weighted by atomic mass is 35.5. The molecule has 2 aromatic rings. The Morgan fingerprint density at radius 1 is 1.04 bits per heavy atom. The molecule has 0 radical (unpaired) electrons. The highest BCUT2D eigenvalue weighted by molar-refractivity contribution is 6.55. The van der Waals surface area contributed by atoms with Crippen molar-refractivity contribution in [2.75, 3.05) is 0 Å². The van der Waals surface area contributed by atoms with Gasteiger partial charge in [-0.05, 0) is 48.4 Å². The maximum atomic E-state index is 5.92. The molecular formula is C25H24Cl2. The lowest BCUT2D eigenvalue weighted by Crippen LogP contribution is -2.28. The van der Waals surface area contributed by atoms with Gasteiger partial charge in [0.05, 0.1) is 0 Å². The van der Waals surface area contributed by atoms with Gasteiger partial charge in [-0.3, -0.25) is 0 Å². The van der Waals surface area contributed by atoms with E-state index >= 15 is 0 Å². The van der Waals surface area contributed by atoms with Crippen molar-refractivity contribution in [3.8, 4) is 11.1 Å². The van der Waals surface area contributed by atoms with Gasteiger partial charge in [0, 0.05) is 11.3 Å². The number of fused-ring (bicyclic) bond motifs is 3. The molecule has 0 fully saturated rings. The van der Waals surface area contributed by atoms with Crippen molar-refractivity contribution in [2.45, 2.75) is 39.0 Å². The second kappa shape index (κ2) is 7.34. The largest absolute Gasteiger partial charge is 0.102 e. The van der Waals surface area contributed by atoms with Crippen LogP contribution >= 0.6 is 23.2 Å². The van der Waals surface area contributed by atoms with Gasteiger partial charge in [-0.2, -0.15) is 0 Å². The van der Waals surface area contributed by atoms with Crippen molar-refractivity contribution in [3.05, 3.63) is 93.5 Å². The Balaban J connectivity index is 1.88. The van der Waals surface area contributed by atoms with Crippen LogP contribution in [0.2, 0.25) is 0 Å². The molecule has 0 nitrogen and oxygen atoms in total. The van der Waals surface area contributed by atoms with Gasteiger partial charge in [0.2, 0.25) is 0 Å². The molecule has 0 saturated carbocycles. The lowest BCUT2D eigenvalue weighted by atomic mass is 9.64. The van der Waals surface area contributed by atoms with Gasteiger partial charge in [0.15, 0.2) is 0 Å². The van der Waals surface area contributed by atoms with Gasteiger partial charge in [0.25, 0.3) is 0 Å². The Hall–Kier alpha value is -1.76. The zero-order valence-electron chi connectivity index (χ0n) is 15.8. The Morgan fingerprint density at radius 2 is 1.63 bits per heavy atom. The van der Waals surface area contributed by atoms with Crippen LogP contribution in [-0.2, 0) is 0 Å². The van der Waals surface area contributed by atoms with Gasteiger partial charge in [0.1, 0.15) is 4.49 Å². The third kappa shape index (κ3) is 3.20. The first-order valence-electron chi connectivity index (χ1n) is 9.58. The van der Waals surface area contributed by atoms with E-state index in [1.807, 2.05) is 6.08 Å².